The molecule has 0 aliphatic carbocycles. The van der Waals surface area contributed by atoms with Crippen molar-refractivity contribution in [1.29, 1.82) is 0 Å². The third-order valence-corrected chi connectivity index (χ3v) is 6.10. The van der Waals surface area contributed by atoms with E-state index in [0.717, 1.165) is 37.5 Å². The summed E-state index contributed by atoms with van der Waals surface area (Å²) in [5, 5.41) is 16.9. The van der Waals surface area contributed by atoms with Gasteiger partial charge in [0.1, 0.15) is 12.0 Å². The van der Waals surface area contributed by atoms with Crippen LogP contribution in [0.25, 0.3) is 0 Å². The Bertz CT molecular complexity index is 843. The van der Waals surface area contributed by atoms with Crippen molar-refractivity contribution in [2.24, 2.45) is 0 Å². The SMILES string of the molecule is COc1ccc(C2CNC(Nc3cccc(C(=O)NCCC4CCCN4)c3)NC2)cc1. The third kappa shape index (κ3) is 5.97. The Labute approximate surface area is 184 Å². The first-order chi connectivity index (χ1) is 15.2. The monoisotopic (exact) mass is 423 g/mol. The van der Waals surface area contributed by atoms with Crippen LogP contribution in [0.2, 0.25) is 0 Å². The Kier molecular flexibility index (Phi) is 7.40. The summed E-state index contributed by atoms with van der Waals surface area (Å²) in [4.78, 5) is 12.5. The van der Waals surface area contributed by atoms with E-state index >= 15 is 0 Å². The minimum absolute atomic E-state index is 0.0224. The van der Waals surface area contributed by atoms with E-state index in [1.165, 1.54) is 18.4 Å². The number of anilines is 1. The molecule has 2 fully saturated rings. The fraction of sp³-hybridized carbons (Fsp3) is 0.458. The molecule has 1 atom stereocenters. The van der Waals surface area contributed by atoms with Gasteiger partial charge in [-0.3, -0.25) is 15.4 Å². The van der Waals surface area contributed by atoms with Gasteiger partial charge in [0.25, 0.3) is 5.91 Å². The standard InChI is InChI=1S/C24H33N5O2/c1-31-22-9-7-17(8-10-22)19-15-27-24(28-16-19)29-21-5-2-4-18(14-21)23(30)26-13-11-20-6-3-12-25-20/h2,4-5,7-10,14,19-20,24-25,27-29H,3,6,11-13,15-16H2,1H3,(H,26,30). The molecule has 0 aromatic heterocycles. The zero-order valence-corrected chi connectivity index (χ0v) is 18.1. The molecule has 0 radical (unpaired) electrons. The van der Waals surface area contributed by atoms with Gasteiger partial charge in [-0.1, -0.05) is 18.2 Å². The van der Waals surface area contributed by atoms with Gasteiger partial charge in [0.15, 0.2) is 0 Å². The van der Waals surface area contributed by atoms with E-state index in [0.29, 0.717) is 24.1 Å². The van der Waals surface area contributed by atoms with Crippen molar-refractivity contribution < 1.29 is 9.53 Å². The molecule has 166 valence electrons. The molecule has 7 heteroatoms. The number of hydrogen-bond acceptors (Lipinski definition) is 6. The zero-order chi connectivity index (χ0) is 21.5. The van der Waals surface area contributed by atoms with E-state index in [-0.39, 0.29) is 12.2 Å². The van der Waals surface area contributed by atoms with E-state index in [4.69, 9.17) is 4.74 Å². The molecule has 2 aliphatic rings. The summed E-state index contributed by atoms with van der Waals surface area (Å²) in [5.41, 5.74) is 2.88. The second-order valence-corrected chi connectivity index (χ2v) is 8.28. The van der Waals surface area contributed by atoms with Crippen LogP contribution in [0.3, 0.4) is 0 Å². The smallest absolute Gasteiger partial charge is 0.251 e. The van der Waals surface area contributed by atoms with Gasteiger partial charge in [0.2, 0.25) is 0 Å². The van der Waals surface area contributed by atoms with Crippen LogP contribution in [0.1, 0.15) is 41.1 Å². The molecule has 0 saturated carbocycles. The first-order valence-electron chi connectivity index (χ1n) is 11.2. The van der Waals surface area contributed by atoms with Crippen molar-refractivity contribution in [2.45, 2.75) is 37.5 Å². The molecule has 2 saturated heterocycles. The Hall–Kier alpha value is -2.61. The number of benzene rings is 2. The lowest BCUT2D eigenvalue weighted by Crippen LogP contribution is -2.55. The minimum atomic E-state index is -0.0405. The lowest BCUT2D eigenvalue weighted by molar-refractivity contribution is 0.0952. The first-order valence-corrected chi connectivity index (χ1v) is 11.2. The van der Waals surface area contributed by atoms with Crippen LogP contribution in [0.15, 0.2) is 48.5 Å². The molecule has 2 heterocycles. The number of carbonyl (C=O) groups excluding carboxylic acids is 1. The zero-order valence-electron chi connectivity index (χ0n) is 18.1. The van der Waals surface area contributed by atoms with Crippen molar-refractivity contribution in [1.82, 2.24) is 21.3 Å². The second-order valence-electron chi connectivity index (χ2n) is 8.28. The minimum Gasteiger partial charge on any atom is -0.497 e. The quantitative estimate of drug-likeness (QED) is 0.448. The molecule has 31 heavy (non-hydrogen) atoms. The summed E-state index contributed by atoms with van der Waals surface area (Å²) in [5.74, 6) is 1.25. The predicted molar refractivity (Wildman–Crippen MR) is 124 cm³/mol. The molecular formula is C24H33N5O2. The van der Waals surface area contributed by atoms with E-state index in [1.807, 2.05) is 36.4 Å². The van der Waals surface area contributed by atoms with Gasteiger partial charge in [-0.15, -0.1) is 0 Å². The maximum Gasteiger partial charge on any atom is 0.251 e. The Morgan fingerprint density at radius 3 is 2.61 bits per heavy atom. The molecule has 0 bridgehead atoms. The first kappa shape index (κ1) is 21.6. The maximum atomic E-state index is 12.5. The van der Waals surface area contributed by atoms with Crippen LogP contribution in [0.5, 0.6) is 5.75 Å². The Morgan fingerprint density at radius 1 is 1.10 bits per heavy atom. The summed E-state index contributed by atoms with van der Waals surface area (Å²) in [6.07, 6.45) is 3.38. The predicted octanol–water partition coefficient (Wildman–Crippen LogP) is 2.24. The van der Waals surface area contributed by atoms with Crippen LogP contribution in [-0.2, 0) is 0 Å². The lowest BCUT2D eigenvalue weighted by atomic mass is 9.97. The highest BCUT2D eigenvalue weighted by Crippen LogP contribution is 2.21. The summed E-state index contributed by atoms with van der Waals surface area (Å²) < 4.78 is 5.24. The normalized spacial score (nSPS) is 23.3. The topological polar surface area (TPSA) is 86.5 Å². The van der Waals surface area contributed by atoms with Crippen LogP contribution in [-0.4, -0.2) is 51.5 Å². The number of nitrogens with one attached hydrogen (secondary N) is 5. The summed E-state index contributed by atoms with van der Waals surface area (Å²) in [6.45, 7) is 3.53. The van der Waals surface area contributed by atoms with Crippen LogP contribution < -0.4 is 31.3 Å². The fourth-order valence-electron chi connectivity index (χ4n) is 4.26. The van der Waals surface area contributed by atoms with Gasteiger partial charge in [0, 0.05) is 42.8 Å². The molecule has 2 aromatic carbocycles. The van der Waals surface area contributed by atoms with Crippen molar-refractivity contribution in [3.05, 3.63) is 59.7 Å². The summed E-state index contributed by atoms with van der Waals surface area (Å²) >= 11 is 0. The van der Waals surface area contributed by atoms with E-state index in [9.17, 15) is 4.79 Å². The number of ether oxygens (including phenoxy) is 1. The van der Waals surface area contributed by atoms with E-state index in [1.54, 1.807) is 7.11 Å². The highest BCUT2D eigenvalue weighted by atomic mass is 16.5. The van der Waals surface area contributed by atoms with Crippen LogP contribution in [0, 0.1) is 0 Å². The average Bonchev–Trinajstić information content (AvgIpc) is 3.33. The number of amides is 1. The number of carbonyl (C=O) groups is 1. The van der Waals surface area contributed by atoms with E-state index < -0.39 is 0 Å². The number of hydrogen-bond donors (Lipinski definition) is 5. The molecule has 1 amide bonds. The molecular weight excluding hydrogens is 390 g/mol. The van der Waals surface area contributed by atoms with Crippen LogP contribution in [0.4, 0.5) is 5.69 Å². The lowest BCUT2D eigenvalue weighted by Gasteiger charge is -2.32. The van der Waals surface area contributed by atoms with Crippen LogP contribution >= 0.6 is 0 Å². The molecule has 0 spiro atoms. The summed E-state index contributed by atoms with van der Waals surface area (Å²) in [6, 6.07) is 16.4. The van der Waals surface area contributed by atoms with Gasteiger partial charge in [-0.25, -0.2) is 0 Å². The third-order valence-electron chi connectivity index (χ3n) is 6.10. The van der Waals surface area contributed by atoms with Gasteiger partial charge < -0.3 is 20.7 Å². The van der Waals surface area contributed by atoms with Gasteiger partial charge in [0.05, 0.1) is 7.11 Å². The molecule has 1 unspecified atom stereocenters. The van der Waals surface area contributed by atoms with Gasteiger partial charge in [-0.2, -0.15) is 0 Å². The molecule has 5 N–H and O–H groups in total. The molecule has 2 aromatic rings. The highest BCUT2D eigenvalue weighted by Gasteiger charge is 2.21. The number of rotatable bonds is 8. The van der Waals surface area contributed by atoms with E-state index in [2.05, 4.69) is 38.7 Å². The molecule has 7 nitrogen and oxygen atoms in total. The molecule has 2 aliphatic heterocycles. The second kappa shape index (κ2) is 10.6. The highest BCUT2D eigenvalue weighted by molar-refractivity contribution is 5.95. The Balaban J connectivity index is 1.24. The van der Waals surface area contributed by atoms with Gasteiger partial charge in [-0.05, 0) is 61.7 Å². The number of methoxy groups -OCH3 is 1. The van der Waals surface area contributed by atoms with Crippen molar-refractivity contribution in [3.8, 4) is 5.75 Å². The van der Waals surface area contributed by atoms with Crippen molar-refractivity contribution in [2.75, 3.05) is 38.6 Å². The molecule has 4 rings (SSSR count). The fourth-order valence-corrected chi connectivity index (χ4v) is 4.26. The average molecular weight is 424 g/mol. The van der Waals surface area contributed by atoms with Crippen molar-refractivity contribution in [3.63, 3.8) is 0 Å². The maximum absolute atomic E-state index is 12.5. The van der Waals surface area contributed by atoms with Crippen molar-refractivity contribution >= 4 is 11.6 Å². The Morgan fingerprint density at radius 2 is 1.90 bits per heavy atom. The summed E-state index contributed by atoms with van der Waals surface area (Å²) in [7, 11) is 1.68. The van der Waals surface area contributed by atoms with Gasteiger partial charge >= 0.3 is 0 Å². The largest absolute Gasteiger partial charge is 0.497 e.